The number of para-hydroxylation sites is 1. The molecule has 0 saturated heterocycles. The van der Waals surface area contributed by atoms with E-state index in [4.69, 9.17) is 9.98 Å². The van der Waals surface area contributed by atoms with Gasteiger partial charge < -0.3 is 15.5 Å². The van der Waals surface area contributed by atoms with Gasteiger partial charge in [-0.25, -0.2) is 9.98 Å². The summed E-state index contributed by atoms with van der Waals surface area (Å²) >= 11 is 0. The number of allylic oxidation sites excluding steroid dienone is 3. The molecule has 0 spiro atoms. The summed E-state index contributed by atoms with van der Waals surface area (Å²) in [5, 5.41) is 6.20. The van der Waals surface area contributed by atoms with E-state index in [9.17, 15) is 4.79 Å². The SMILES string of the molecule is CC(=O)Nc1ccc(/N=C2\C=C(N(C)C)C=C\C2=N\c2ccc(Nc3ccccc3)cc2C)cc1. The summed E-state index contributed by atoms with van der Waals surface area (Å²) in [6.07, 6.45) is 6.06. The lowest BCUT2D eigenvalue weighted by molar-refractivity contribution is -0.114. The Balaban J connectivity index is 1.64. The molecule has 0 atom stereocenters. The first-order chi connectivity index (χ1) is 16.9. The molecule has 2 N–H and O–H groups in total. The Labute approximate surface area is 206 Å². The predicted molar refractivity (Wildman–Crippen MR) is 147 cm³/mol. The third-order valence-electron chi connectivity index (χ3n) is 5.41. The number of nitrogens with one attached hydrogen (secondary N) is 2. The largest absolute Gasteiger partial charge is 0.378 e. The number of nitrogens with zero attached hydrogens (tertiary/aromatic N) is 3. The number of likely N-dealkylation sites (N-methyl/N-ethyl adjacent to an activating group) is 1. The van der Waals surface area contributed by atoms with Crippen LogP contribution >= 0.6 is 0 Å². The van der Waals surface area contributed by atoms with Crippen molar-refractivity contribution in [3.8, 4) is 0 Å². The summed E-state index contributed by atoms with van der Waals surface area (Å²) < 4.78 is 0. The molecule has 0 saturated carbocycles. The third kappa shape index (κ3) is 6.32. The maximum Gasteiger partial charge on any atom is 0.221 e. The van der Waals surface area contributed by atoms with E-state index < -0.39 is 0 Å². The molecule has 0 aromatic heterocycles. The third-order valence-corrected chi connectivity index (χ3v) is 5.41. The Morgan fingerprint density at radius 2 is 1.51 bits per heavy atom. The molecule has 0 fully saturated rings. The van der Waals surface area contributed by atoms with Crippen molar-refractivity contribution in [2.45, 2.75) is 13.8 Å². The van der Waals surface area contributed by atoms with Gasteiger partial charge in [-0.3, -0.25) is 4.79 Å². The topological polar surface area (TPSA) is 69.1 Å². The van der Waals surface area contributed by atoms with Gasteiger partial charge >= 0.3 is 0 Å². The zero-order valence-electron chi connectivity index (χ0n) is 20.4. The van der Waals surface area contributed by atoms with Gasteiger partial charge in [0.25, 0.3) is 0 Å². The summed E-state index contributed by atoms with van der Waals surface area (Å²) in [5.41, 5.74) is 8.13. The number of benzene rings is 3. The van der Waals surface area contributed by atoms with E-state index >= 15 is 0 Å². The Kier molecular flexibility index (Phi) is 7.21. The van der Waals surface area contributed by atoms with E-state index in [1.807, 2.05) is 104 Å². The first-order valence-electron chi connectivity index (χ1n) is 11.4. The number of carbonyl (C=O) groups is 1. The van der Waals surface area contributed by atoms with Crippen LogP contribution < -0.4 is 10.6 Å². The van der Waals surface area contributed by atoms with Crippen molar-refractivity contribution in [1.29, 1.82) is 0 Å². The molecule has 0 bridgehead atoms. The molecule has 6 heteroatoms. The molecule has 0 radical (unpaired) electrons. The van der Waals surface area contributed by atoms with Crippen LogP contribution in [0.4, 0.5) is 28.4 Å². The summed E-state index contributed by atoms with van der Waals surface area (Å²) in [5.74, 6) is -0.102. The molecule has 176 valence electrons. The van der Waals surface area contributed by atoms with Crippen molar-refractivity contribution >= 4 is 45.8 Å². The van der Waals surface area contributed by atoms with E-state index in [1.165, 1.54) is 6.92 Å². The van der Waals surface area contributed by atoms with Crippen LogP contribution in [0.3, 0.4) is 0 Å². The fourth-order valence-electron chi connectivity index (χ4n) is 3.61. The molecule has 4 rings (SSSR count). The molecule has 0 heterocycles. The normalized spacial score (nSPS) is 15.1. The fraction of sp³-hybridized carbons (Fsp3) is 0.138. The highest BCUT2D eigenvalue weighted by atomic mass is 16.1. The number of rotatable bonds is 6. The van der Waals surface area contributed by atoms with Crippen molar-refractivity contribution in [2.24, 2.45) is 9.98 Å². The van der Waals surface area contributed by atoms with Crippen LogP contribution in [-0.2, 0) is 4.79 Å². The minimum atomic E-state index is -0.102. The van der Waals surface area contributed by atoms with Crippen LogP contribution in [0.5, 0.6) is 0 Å². The number of hydrogen-bond donors (Lipinski definition) is 2. The van der Waals surface area contributed by atoms with Crippen LogP contribution in [0.25, 0.3) is 0 Å². The maximum atomic E-state index is 11.3. The van der Waals surface area contributed by atoms with E-state index in [2.05, 4.69) is 23.6 Å². The van der Waals surface area contributed by atoms with Gasteiger partial charge in [0.2, 0.25) is 5.91 Å². The van der Waals surface area contributed by atoms with Crippen LogP contribution in [0.15, 0.2) is 107 Å². The lowest BCUT2D eigenvalue weighted by Crippen LogP contribution is -2.19. The van der Waals surface area contributed by atoms with E-state index in [1.54, 1.807) is 0 Å². The van der Waals surface area contributed by atoms with E-state index in [0.29, 0.717) is 0 Å². The van der Waals surface area contributed by atoms with Crippen molar-refractivity contribution in [3.63, 3.8) is 0 Å². The Hall–Kier alpha value is -4.45. The number of aryl methyl sites for hydroxylation is 1. The van der Waals surface area contributed by atoms with Crippen molar-refractivity contribution in [1.82, 2.24) is 4.90 Å². The molecule has 1 amide bonds. The first-order valence-corrected chi connectivity index (χ1v) is 11.4. The van der Waals surface area contributed by atoms with Gasteiger partial charge in [-0.15, -0.1) is 0 Å². The molecule has 3 aromatic carbocycles. The van der Waals surface area contributed by atoms with E-state index in [0.717, 1.165) is 51.1 Å². The monoisotopic (exact) mass is 463 g/mol. The molecule has 35 heavy (non-hydrogen) atoms. The first kappa shape index (κ1) is 23.7. The van der Waals surface area contributed by atoms with Gasteiger partial charge in [0.05, 0.1) is 22.8 Å². The van der Waals surface area contributed by atoms with Crippen molar-refractivity contribution in [3.05, 3.63) is 102 Å². The molecule has 6 nitrogen and oxygen atoms in total. The molecule has 0 unspecified atom stereocenters. The maximum absolute atomic E-state index is 11.3. The molecule has 1 aliphatic rings. The average Bonchev–Trinajstić information content (AvgIpc) is 2.83. The lowest BCUT2D eigenvalue weighted by Gasteiger charge is -2.18. The average molecular weight is 464 g/mol. The van der Waals surface area contributed by atoms with Gasteiger partial charge in [0.15, 0.2) is 0 Å². The minimum Gasteiger partial charge on any atom is -0.378 e. The highest BCUT2D eigenvalue weighted by Gasteiger charge is 2.13. The number of hydrogen-bond acceptors (Lipinski definition) is 5. The summed E-state index contributed by atoms with van der Waals surface area (Å²) in [6.45, 7) is 3.55. The zero-order chi connectivity index (χ0) is 24.8. The van der Waals surface area contributed by atoms with Gasteiger partial charge in [-0.2, -0.15) is 0 Å². The van der Waals surface area contributed by atoms with Crippen molar-refractivity contribution < 1.29 is 4.79 Å². The molecule has 0 aliphatic heterocycles. The van der Waals surface area contributed by atoms with E-state index in [-0.39, 0.29) is 5.91 Å². The van der Waals surface area contributed by atoms with Crippen LogP contribution in [0.2, 0.25) is 0 Å². The summed E-state index contributed by atoms with van der Waals surface area (Å²) in [7, 11) is 4.00. The van der Waals surface area contributed by atoms with Crippen LogP contribution in [0.1, 0.15) is 12.5 Å². The second-order valence-corrected chi connectivity index (χ2v) is 8.51. The highest BCUT2D eigenvalue weighted by Crippen LogP contribution is 2.26. The predicted octanol–water partition coefficient (Wildman–Crippen LogP) is 6.56. The summed E-state index contributed by atoms with van der Waals surface area (Å²) in [6, 6.07) is 23.7. The second-order valence-electron chi connectivity index (χ2n) is 8.51. The molecular formula is C29H29N5O. The smallest absolute Gasteiger partial charge is 0.221 e. The van der Waals surface area contributed by atoms with Gasteiger partial charge in [0.1, 0.15) is 0 Å². The second kappa shape index (κ2) is 10.7. The van der Waals surface area contributed by atoms with Crippen LogP contribution in [-0.4, -0.2) is 36.3 Å². The standard InChI is InChI=1S/C29H29N5O/c1-20-18-25(31-22-8-6-5-7-9-22)14-16-27(20)33-28-17-15-26(34(3)4)19-29(28)32-24-12-10-23(11-13-24)30-21(2)35/h5-19,31H,1-4H3,(H,30,35)/b32-29+,33-28-. The van der Waals surface area contributed by atoms with Gasteiger partial charge in [0, 0.05) is 43.8 Å². The Bertz CT molecular complexity index is 1330. The quantitative estimate of drug-likeness (QED) is 0.407. The van der Waals surface area contributed by atoms with Crippen LogP contribution in [0, 0.1) is 6.92 Å². The lowest BCUT2D eigenvalue weighted by atomic mass is 10.1. The molecular weight excluding hydrogens is 434 g/mol. The van der Waals surface area contributed by atoms with Gasteiger partial charge in [-0.05, 0) is 85.3 Å². The Morgan fingerprint density at radius 3 is 2.17 bits per heavy atom. The number of aliphatic imine (C=N–C) groups is 2. The fourth-order valence-corrected chi connectivity index (χ4v) is 3.61. The number of amides is 1. The number of anilines is 3. The van der Waals surface area contributed by atoms with Gasteiger partial charge in [-0.1, -0.05) is 18.2 Å². The molecule has 3 aromatic rings. The zero-order valence-corrected chi connectivity index (χ0v) is 20.4. The van der Waals surface area contributed by atoms with Crippen molar-refractivity contribution in [2.75, 3.05) is 24.7 Å². The minimum absolute atomic E-state index is 0.102. The highest BCUT2D eigenvalue weighted by molar-refractivity contribution is 6.52. The summed E-state index contributed by atoms with van der Waals surface area (Å²) in [4.78, 5) is 23.1. The number of carbonyl (C=O) groups excluding carboxylic acids is 1. The Morgan fingerprint density at radius 1 is 0.800 bits per heavy atom. The molecule has 1 aliphatic carbocycles.